The molecular formula is C21H16FNO5. The number of halogens is 1. The van der Waals surface area contributed by atoms with Gasteiger partial charge in [0.2, 0.25) is 0 Å². The van der Waals surface area contributed by atoms with Gasteiger partial charge in [0.1, 0.15) is 34.9 Å². The number of amides is 1. The van der Waals surface area contributed by atoms with E-state index in [1.54, 1.807) is 31.2 Å². The summed E-state index contributed by atoms with van der Waals surface area (Å²) in [4.78, 5) is 26.8. The van der Waals surface area contributed by atoms with E-state index in [4.69, 9.17) is 8.83 Å². The van der Waals surface area contributed by atoms with E-state index in [2.05, 4.69) is 0 Å². The normalized spacial score (nSPS) is 18.8. The molecule has 7 heteroatoms. The molecule has 1 saturated heterocycles. The van der Waals surface area contributed by atoms with Crippen molar-refractivity contribution in [3.8, 4) is 0 Å². The first-order chi connectivity index (χ1) is 13.5. The molecule has 3 heterocycles. The van der Waals surface area contributed by atoms with Crippen molar-refractivity contribution in [3.05, 3.63) is 89.0 Å². The average molecular weight is 381 g/mol. The quantitative estimate of drug-likeness (QED) is 0.420. The Balaban J connectivity index is 1.85. The Morgan fingerprint density at radius 2 is 1.89 bits per heavy atom. The van der Waals surface area contributed by atoms with E-state index in [1.807, 2.05) is 0 Å². The zero-order valence-corrected chi connectivity index (χ0v) is 14.9. The van der Waals surface area contributed by atoms with Crippen molar-refractivity contribution in [2.75, 3.05) is 0 Å². The molecule has 142 valence electrons. The smallest absolute Gasteiger partial charge is 0.296 e. The lowest BCUT2D eigenvalue weighted by Crippen LogP contribution is -2.28. The van der Waals surface area contributed by atoms with Gasteiger partial charge in [-0.05, 0) is 55.5 Å². The van der Waals surface area contributed by atoms with Gasteiger partial charge in [0.15, 0.2) is 0 Å². The highest BCUT2D eigenvalue weighted by atomic mass is 19.1. The summed E-state index contributed by atoms with van der Waals surface area (Å²) in [7, 11) is 0. The zero-order chi connectivity index (χ0) is 19.8. The standard InChI is InChI=1S/C21H16FNO5/c1-12-4-9-16(28-12)18-17(19(24)13-5-7-14(22)8-6-13)20(25)21(26)23(18)11-15-3-2-10-27-15/h2-10,18,24H,11H2,1H3. The van der Waals surface area contributed by atoms with Crippen molar-refractivity contribution in [1.29, 1.82) is 0 Å². The highest BCUT2D eigenvalue weighted by molar-refractivity contribution is 6.46. The average Bonchev–Trinajstić information content (AvgIpc) is 3.39. The van der Waals surface area contributed by atoms with E-state index in [1.165, 1.54) is 35.4 Å². The molecule has 0 aliphatic carbocycles. The van der Waals surface area contributed by atoms with Gasteiger partial charge in [0.25, 0.3) is 11.7 Å². The topological polar surface area (TPSA) is 83.9 Å². The molecule has 0 saturated carbocycles. The number of hydrogen-bond donors (Lipinski definition) is 1. The van der Waals surface area contributed by atoms with Crippen LogP contribution in [0.15, 0.2) is 69.2 Å². The fourth-order valence-electron chi connectivity index (χ4n) is 3.27. The van der Waals surface area contributed by atoms with Gasteiger partial charge in [0, 0.05) is 5.56 Å². The van der Waals surface area contributed by atoms with Gasteiger partial charge in [-0.2, -0.15) is 0 Å². The minimum absolute atomic E-state index is 0.0299. The molecule has 1 aromatic carbocycles. The van der Waals surface area contributed by atoms with Crippen LogP contribution in [0, 0.1) is 12.7 Å². The number of furan rings is 2. The van der Waals surface area contributed by atoms with E-state index in [0.29, 0.717) is 17.3 Å². The van der Waals surface area contributed by atoms with Crippen LogP contribution in [-0.2, 0) is 16.1 Å². The third-order valence-electron chi connectivity index (χ3n) is 4.59. The number of carbonyl (C=O) groups is 2. The summed E-state index contributed by atoms with van der Waals surface area (Å²) in [5.74, 6) is -1.07. The number of hydrogen-bond acceptors (Lipinski definition) is 5. The molecule has 2 aromatic heterocycles. The molecule has 1 aliphatic heterocycles. The van der Waals surface area contributed by atoms with Crippen LogP contribution in [0.2, 0.25) is 0 Å². The Labute approximate surface area is 159 Å². The van der Waals surface area contributed by atoms with E-state index in [-0.39, 0.29) is 23.4 Å². The molecule has 28 heavy (non-hydrogen) atoms. The Morgan fingerprint density at radius 1 is 1.14 bits per heavy atom. The van der Waals surface area contributed by atoms with Gasteiger partial charge < -0.3 is 18.8 Å². The first kappa shape index (κ1) is 17.8. The van der Waals surface area contributed by atoms with Crippen LogP contribution in [0.1, 0.15) is 28.9 Å². The van der Waals surface area contributed by atoms with Crippen molar-refractivity contribution >= 4 is 17.4 Å². The van der Waals surface area contributed by atoms with Crippen LogP contribution in [0.25, 0.3) is 5.76 Å². The van der Waals surface area contributed by atoms with Crippen molar-refractivity contribution in [3.63, 3.8) is 0 Å². The summed E-state index contributed by atoms with van der Waals surface area (Å²) in [6.45, 7) is 1.77. The second kappa shape index (κ2) is 6.84. The monoisotopic (exact) mass is 381 g/mol. The van der Waals surface area contributed by atoms with Crippen molar-refractivity contribution in [2.24, 2.45) is 0 Å². The highest BCUT2D eigenvalue weighted by Gasteiger charge is 2.47. The molecule has 1 aliphatic rings. The molecule has 4 rings (SSSR count). The van der Waals surface area contributed by atoms with Crippen LogP contribution in [-0.4, -0.2) is 21.7 Å². The number of aliphatic hydroxyl groups is 1. The van der Waals surface area contributed by atoms with Crippen LogP contribution in [0.3, 0.4) is 0 Å². The lowest BCUT2D eigenvalue weighted by atomic mass is 9.99. The SMILES string of the molecule is Cc1ccc(C2C(=C(O)c3ccc(F)cc3)C(=O)C(=O)N2Cc2ccco2)o1. The minimum Gasteiger partial charge on any atom is -0.507 e. The molecule has 6 nitrogen and oxygen atoms in total. The van der Waals surface area contributed by atoms with Gasteiger partial charge in [-0.1, -0.05) is 0 Å². The first-order valence-corrected chi connectivity index (χ1v) is 8.59. The largest absolute Gasteiger partial charge is 0.507 e. The molecular weight excluding hydrogens is 365 g/mol. The number of carbonyl (C=O) groups excluding carboxylic acids is 2. The Kier molecular flexibility index (Phi) is 4.35. The summed E-state index contributed by atoms with van der Waals surface area (Å²) in [6, 6.07) is 10.8. The van der Waals surface area contributed by atoms with Gasteiger partial charge in [-0.15, -0.1) is 0 Å². The highest BCUT2D eigenvalue weighted by Crippen LogP contribution is 2.40. The van der Waals surface area contributed by atoms with Gasteiger partial charge in [-0.3, -0.25) is 9.59 Å². The van der Waals surface area contributed by atoms with Crippen LogP contribution < -0.4 is 0 Å². The van der Waals surface area contributed by atoms with Crippen molar-refractivity contribution in [2.45, 2.75) is 19.5 Å². The Bertz CT molecular complexity index is 1060. The molecule has 1 fully saturated rings. The summed E-state index contributed by atoms with van der Waals surface area (Å²) < 4.78 is 24.2. The summed E-state index contributed by atoms with van der Waals surface area (Å²) >= 11 is 0. The molecule has 0 spiro atoms. The predicted molar refractivity (Wildman–Crippen MR) is 96.4 cm³/mol. The number of rotatable bonds is 4. The maximum absolute atomic E-state index is 13.2. The Morgan fingerprint density at radius 3 is 2.50 bits per heavy atom. The molecule has 3 aromatic rings. The predicted octanol–water partition coefficient (Wildman–Crippen LogP) is 3.94. The molecule has 1 atom stereocenters. The number of likely N-dealkylation sites (tertiary alicyclic amines) is 1. The molecule has 1 unspecified atom stereocenters. The minimum atomic E-state index is -0.927. The van der Waals surface area contributed by atoms with Gasteiger partial charge in [-0.25, -0.2) is 4.39 Å². The second-order valence-corrected chi connectivity index (χ2v) is 6.46. The Hall–Kier alpha value is -3.61. The van der Waals surface area contributed by atoms with Gasteiger partial charge >= 0.3 is 0 Å². The fraction of sp³-hybridized carbons (Fsp3) is 0.143. The maximum Gasteiger partial charge on any atom is 0.296 e. The lowest BCUT2D eigenvalue weighted by Gasteiger charge is -2.22. The van der Waals surface area contributed by atoms with Gasteiger partial charge in [0.05, 0.1) is 18.4 Å². The third-order valence-corrected chi connectivity index (χ3v) is 4.59. The third kappa shape index (κ3) is 3.00. The van der Waals surface area contributed by atoms with Crippen molar-refractivity contribution < 1.29 is 27.9 Å². The molecule has 1 amide bonds. The van der Waals surface area contributed by atoms with Crippen LogP contribution >= 0.6 is 0 Å². The number of benzene rings is 1. The zero-order valence-electron chi connectivity index (χ0n) is 14.9. The number of aliphatic hydroxyl groups excluding tert-OH is 1. The lowest BCUT2D eigenvalue weighted by molar-refractivity contribution is -0.140. The van der Waals surface area contributed by atoms with E-state index >= 15 is 0 Å². The molecule has 0 radical (unpaired) electrons. The van der Waals surface area contributed by atoms with E-state index in [9.17, 15) is 19.1 Å². The molecule has 0 bridgehead atoms. The van der Waals surface area contributed by atoms with E-state index in [0.717, 1.165) is 0 Å². The van der Waals surface area contributed by atoms with Crippen LogP contribution in [0.5, 0.6) is 0 Å². The first-order valence-electron chi connectivity index (χ1n) is 8.59. The van der Waals surface area contributed by atoms with E-state index < -0.39 is 23.5 Å². The summed E-state index contributed by atoms with van der Waals surface area (Å²) in [5.41, 5.74) is 0.114. The summed E-state index contributed by atoms with van der Waals surface area (Å²) in [5, 5.41) is 10.8. The second-order valence-electron chi connectivity index (χ2n) is 6.46. The fourth-order valence-corrected chi connectivity index (χ4v) is 3.27. The van der Waals surface area contributed by atoms with Crippen LogP contribution in [0.4, 0.5) is 4.39 Å². The molecule has 1 N–H and O–H groups in total. The maximum atomic E-state index is 13.2. The van der Waals surface area contributed by atoms with Crippen molar-refractivity contribution in [1.82, 2.24) is 4.90 Å². The number of ketones is 1. The summed E-state index contributed by atoms with van der Waals surface area (Å²) in [6.07, 6.45) is 1.47. The number of aryl methyl sites for hydroxylation is 1. The number of nitrogens with zero attached hydrogens (tertiary/aromatic N) is 1. The number of Topliss-reactive ketones (excluding diaryl/α,β-unsaturated/α-hetero) is 1.